The number of piperazine rings is 1. The second kappa shape index (κ2) is 11.1. The topological polar surface area (TPSA) is 100 Å². The molecule has 1 aliphatic heterocycles. The summed E-state index contributed by atoms with van der Waals surface area (Å²) in [6.45, 7) is 5.57. The van der Waals surface area contributed by atoms with E-state index < -0.39 is 12.5 Å². The molecule has 0 spiro atoms. The maximum Gasteiger partial charge on any atom is 0.278 e. The van der Waals surface area contributed by atoms with Gasteiger partial charge in [-0.15, -0.1) is 0 Å². The van der Waals surface area contributed by atoms with Crippen LogP contribution in [0.1, 0.15) is 49.8 Å². The number of carbonyl (C=O) groups is 1. The molecular formula is C30H33F2N7O2. The second-order valence-corrected chi connectivity index (χ2v) is 11.1. The Bertz CT molecular complexity index is 1540. The van der Waals surface area contributed by atoms with Crippen molar-refractivity contribution in [1.29, 1.82) is 0 Å². The summed E-state index contributed by atoms with van der Waals surface area (Å²) in [6, 6.07) is 11.7. The molecule has 1 amide bonds. The molecule has 3 aromatic heterocycles. The van der Waals surface area contributed by atoms with Crippen LogP contribution in [0.25, 0.3) is 22.3 Å². The summed E-state index contributed by atoms with van der Waals surface area (Å²) in [4.78, 5) is 37.8. The first-order chi connectivity index (χ1) is 19.7. The van der Waals surface area contributed by atoms with Crippen LogP contribution in [0.3, 0.4) is 0 Å². The second-order valence-electron chi connectivity index (χ2n) is 11.1. The number of benzene rings is 1. The number of halogens is 2. The van der Waals surface area contributed by atoms with E-state index in [-0.39, 0.29) is 17.8 Å². The summed E-state index contributed by atoms with van der Waals surface area (Å²) in [7, 11) is 0. The van der Waals surface area contributed by atoms with Gasteiger partial charge in [0.1, 0.15) is 12.2 Å². The molecule has 11 heteroatoms. The van der Waals surface area contributed by atoms with Gasteiger partial charge in [0, 0.05) is 75.0 Å². The number of H-pyrrole nitrogens is 1. The molecule has 214 valence electrons. The zero-order valence-corrected chi connectivity index (χ0v) is 23.2. The fraction of sp³-hybridized carbons (Fsp3) is 0.433. The van der Waals surface area contributed by atoms with Crippen LogP contribution in [-0.2, 0) is 11.2 Å². The van der Waals surface area contributed by atoms with E-state index in [1.54, 1.807) is 6.07 Å². The van der Waals surface area contributed by atoms with Gasteiger partial charge >= 0.3 is 0 Å². The number of hydrogen-bond donors (Lipinski definition) is 1. The van der Waals surface area contributed by atoms with E-state index in [1.807, 2.05) is 29.3 Å². The Labute approximate surface area is 237 Å². The lowest BCUT2D eigenvalue weighted by Crippen LogP contribution is -2.49. The van der Waals surface area contributed by atoms with Gasteiger partial charge < -0.3 is 14.6 Å². The lowest BCUT2D eigenvalue weighted by Gasteiger charge is -2.38. The molecule has 0 bridgehead atoms. The molecule has 4 heterocycles. The summed E-state index contributed by atoms with van der Waals surface area (Å²) in [5.41, 5.74) is 5.11. The number of fused-ring (bicyclic) bond motifs is 1. The van der Waals surface area contributed by atoms with Crippen molar-refractivity contribution in [1.82, 2.24) is 34.7 Å². The minimum Gasteiger partial charge on any atom is -0.471 e. The minimum atomic E-state index is -2.95. The number of nitrogens with one attached hydrogen (secondary N) is 1. The van der Waals surface area contributed by atoms with Crippen LogP contribution in [0, 0.1) is 5.92 Å². The number of aromatic amines is 1. The molecular weight excluding hydrogens is 528 g/mol. The van der Waals surface area contributed by atoms with Crippen LogP contribution in [0.2, 0.25) is 0 Å². The average Bonchev–Trinajstić information content (AvgIpc) is 3.75. The molecule has 4 aromatic rings. The molecule has 41 heavy (non-hydrogen) atoms. The van der Waals surface area contributed by atoms with Crippen LogP contribution < -0.4 is 4.74 Å². The van der Waals surface area contributed by atoms with Crippen molar-refractivity contribution in [3.63, 3.8) is 0 Å². The van der Waals surface area contributed by atoms with Crippen molar-refractivity contribution in [3.05, 3.63) is 66.0 Å². The molecule has 1 saturated heterocycles. The number of amides is 1. The van der Waals surface area contributed by atoms with Gasteiger partial charge in [-0.3, -0.25) is 14.7 Å². The molecule has 0 radical (unpaired) electrons. The van der Waals surface area contributed by atoms with Crippen molar-refractivity contribution in [2.75, 3.05) is 32.8 Å². The first kappa shape index (κ1) is 27.2. The van der Waals surface area contributed by atoms with Gasteiger partial charge in [0.05, 0.1) is 16.7 Å². The quantitative estimate of drug-likeness (QED) is 0.317. The maximum atomic E-state index is 13.2. The molecule has 1 unspecified atom stereocenters. The lowest BCUT2D eigenvalue weighted by molar-refractivity contribution is -0.134. The fourth-order valence-electron chi connectivity index (χ4n) is 5.24. The third kappa shape index (κ3) is 6.51. The van der Waals surface area contributed by atoms with Crippen molar-refractivity contribution in [2.45, 2.75) is 45.1 Å². The third-order valence-corrected chi connectivity index (χ3v) is 7.71. The number of ether oxygens (including phenoxy) is 1. The molecule has 1 saturated carbocycles. The molecule has 2 fully saturated rings. The third-order valence-electron chi connectivity index (χ3n) is 7.71. The van der Waals surface area contributed by atoms with E-state index in [0.717, 1.165) is 74.1 Å². The molecule has 2 aliphatic rings. The zero-order valence-electron chi connectivity index (χ0n) is 23.2. The fourth-order valence-corrected chi connectivity index (χ4v) is 5.24. The molecule has 1 N–H and O–H groups in total. The van der Waals surface area contributed by atoms with Gasteiger partial charge in [0.25, 0.3) is 5.92 Å². The lowest BCUT2D eigenvalue weighted by atomic mass is 10.1. The largest absolute Gasteiger partial charge is 0.471 e. The monoisotopic (exact) mass is 561 g/mol. The Kier molecular flexibility index (Phi) is 7.37. The molecule has 1 atom stereocenters. The Hall–Kier alpha value is -3.99. The van der Waals surface area contributed by atoms with Crippen molar-refractivity contribution in [3.8, 4) is 17.1 Å². The molecule has 1 aliphatic carbocycles. The number of pyridine rings is 1. The first-order valence-electron chi connectivity index (χ1n) is 14.0. The van der Waals surface area contributed by atoms with Gasteiger partial charge in [-0.05, 0) is 49.6 Å². The van der Waals surface area contributed by atoms with E-state index in [9.17, 15) is 13.6 Å². The van der Waals surface area contributed by atoms with E-state index >= 15 is 0 Å². The number of aromatic nitrogens is 5. The van der Waals surface area contributed by atoms with Gasteiger partial charge in [0.2, 0.25) is 11.8 Å². The van der Waals surface area contributed by atoms with Crippen LogP contribution >= 0.6 is 0 Å². The average molecular weight is 562 g/mol. The smallest absolute Gasteiger partial charge is 0.278 e. The van der Waals surface area contributed by atoms with Crippen molar-refractivity contribution >= 4 is 16.9 Å². The minimum absolute atomic E-state index is 0.0933. The van der Waals surface area contributed by atoms with Gasteiger partial charge in [-0.1, -0.05) is 6.07 Å². The summed E-state index contributed by atoms with van der Waals surface area (Å²) in [5.74, 6) is -1.46. The van der Waals surface area contributed by atoms with Gasteiger partial charge in [-0.2, -0.15) is 0 Å². The van der Waals surface area contributed by atoms with E-state index in [0.29, 0.717) is 18.0 Å². The number of nitrogens with zero attached hydrogens (tertiary/aromatic N) is 6. The number of alkyl halides is 2. The highest BCUT2D eigenvalue weighted by molar-refractivity contribution is 5.82. The van der Waals surface area contributed by atoms with E-state index in [4.69, 9.17) is 9.72 Å². The van der Waals surface area contributed by atoms with Crippen molar-refractivity contribution < 1.29 is 18.3 Å². The Morgan fingerprint density at radius 1 is 1.10 bits per heavy atom. The molecule has 1 aromatic carbocycles. The highest BCUT2D eigenvalue weighted by Gasteiger charge is 2.35. The van der Waals surface area contributed by atoms with Crippen LogP contribution in [0.4, 0.5) is 8.78 Å². The van der Waals surface area contributed by atoms with Crippen LogP contribution in [-0.4, -0.2) is 79.3 Å². The number of carbonyl (C=O) groups excluding carboxylic acids is 1. The number of rotatable bonds is 9. The number of imidazole rings is 1. The van der Waals surface area contributed by atoms with Crippen LogP contribution in [0.5, 0.6) is 5.88 Å². The predicted molar refractivity (Wildman–Crippen MR) is 150 cm³/mol. The predicted octanol–water partition coefficient (Wildman–Crippen LogP) is 4.65. The molecule has 6 rings (SSSR count). The Balaban J connectivity index is 1.12. The summed E-state index contributed by atoms with van der Waals surface area (Å²) >= 11 is 0. The van der Waals surface area contributed by atoms with Gasteiger partial charge in [-0.25, -0.2) is 23.7 Å². The van der Waals surface area contributed by atoms with E-state index in [1.165, 1.54) is 11.9 Å². The molecule has 9 nitrogen and oxygen atoms in total. The normalized spacial score (nSPS) is 17.1. The van der Waals surface area contributed by atoms with Crippen LogP contribution in [0.15, 0.2) is 48.9 Å². The zero-order chi connectivity index (χ0) is 28.6. The first-order valence-corrected chi connectivity index (χ1v) is 14.0. The highest BCUT2D eigenvalue weighted by Crippen LogP contribution is 2.32. The van der Waals surface area contributed by atoms with Gasteiger partial charge in [0.15, 0.2) is 6.61 Å². The van der Waals surface area contributed by atoms with E-state index in [2.05, 4.69) is 43.9 Å². The summed E-state index contributed by atoms with van der Waals surface area (Å²) in [6.07, 6.45) is 5.78. The summed E-state index contributed by atoms with van der Waals surface area (Å²) < 4.78 is 31.5. The van der Waals surface area contributed by atoms with Crippen molar-refractivity contribution in [2.24, 2.45) is 5.92 Å². The Morgan fingerprint density at radius 3 is 2.66 bits per heavy atom. The number of hydrogen-bond acceptors (Lipinski definition) is 7. The maximum absolute atomic E-state index is 13.2. The summed E-state index contributed by atoms with van der Waals surface area (Å²) in [5, 5.41) is 0. The Morgan fingerprint density at radius 2 is 1.90 bits per heavy atom. The highest BCUT2D eigenvalue weighted by atomic mass is 19.3. The SMILES string of the molecule is CC(c1ccnc(Cc2nc3ccc(-c4cc(OCC(C)(F)F)ncn4)cc3[nH]2)c1)N1CCN(C(=O)C2CC2)CC1. The standard InChI is InChI=1S/C30H33F2N7O2/c1-19(38-9-11-39(12-10-38)29(40)20-3-4-20)21-7-8-33-23(13-21)15-27-36-24-6-5-22(14-26(24)37-27)25-16-28(35-18-34-25)41-17-30(2,31)32/h5-8,13-14,16,18-20H,3-4,9-12,15,17H2,1-2H3,(H,36,37).